The lowest BCUT2D eigenvalue weighted by molar-refractivity contribution is 0.927. The molecule has 0 fully saturated rings. The van der Waals surface area contributed by atoms with Crippen LogP contribution in [0.4, 0.5) is 11.6 Å². The van der Waals surface area contributed by atoms with Gasteiger partial charge in [-0.05, 0) is 69.2 Å². The monoisotopic (exact) mass is 422 g/mol. The van der Waals surface area contributed by atoms with Crippen molar-refractivity contribution in [1.82, 2.24) is 25.3 Å². The Bertz CT molecular complexity index is 1000. The Morgan fingerprint density at radius 3 is 2.33 bits per heavy atom. The first-order valence-corrected chi connectivity index (χ1v) is 10.1. The molecule has 0 saturated carbocycles. The van der Waals surface area contributed by atoms with Crippen LogP contribution in [-0.2, 0) is 6.42 Å². The number of H-pyrrole nitrogens is 1. The van der Waals surface area contributed by atoms with Crippen LogP contribution < -0.4 is 16.0 Å². The third kappa shape index (κ3) is 6.63. The number of aryl methyl sites for hydroxylation is 4. The van der Waals surface area contributed by atoms with Crippen LogP contribution in [0.25, 0.3) is 0 Å². The molecule has 0 atom stereocenters. The minimum absolute atomic E-state index is 0.428. The third-order valence-electron chi connectivity index (χ3n) is 4.13. The van der Waals surface area contributed by atoms with Gasteiger partial charge in [0.05, 0.1) is 6.33 Å². The molecule has 0 unspecified atom stereocenters. The molecule has 30 heavy (non-hydrogen) atoms. The SMILES string of the molecule is Cc1cc(C)cc(NC(=S)NC(=NCCc2cnc[nH]2)Nc2nc(C)cc(C)n2)c1. The van der Waals surface area contributed by atoms with Gasteiger partial charge in [0, 0.05) is 41.9 Å². The highest BCUT2D eigenvalue weighted by Crippen LogP contribution is 2.13. The molecular formula is C21H26N8S. The lowest BCUT2D eigenvalue weighted by atomic mass is 10.1. The number of hydrogen-bond donors (Lipinski definition) is 4. The number of benzene rings is 1. The van der Waals surface area contributed by atoms with E-state index in [9.17, 15) is 0 Å². The Kier molecular flexibility index (Phi) is 7.08. The molecule has 8 nitrogen and oxygen atoms in total. The molecule has 0 spiro atoms. The van der Waals surface area contributed by atoms with E-state index in [4.69, 9.17) is 12.2 Å². The summed E-state index contributed by atoms with van der Waals surface area (Å²) in [4.78, 5) is 20.6. The highest BCUT2D eigenvalue weighted by molar-refractivity contribution is 7.80. The van der Waals surface area contributed by atoms with Gasteiger partial charge in [-0.1, -0.05) is 6.07 Å². The predicted molar refractivity (Wildman–Crippen MR) is 125 cm³/mol. The second kappa shape index (κ2) is 9.93. The molecule has 0 amide bonds. The maximum absolute atomic E-state index is 5.50. The van der Waals surface area contributed by atoms with Crippen LogP contribution in [0.2, 0.25) is 0 Å². The molecule has 4 N–H and O–H groups in total. The smallest absolute Gasteiger partial charge is 0.229 e. The molecule has 2 aromatic heterocycles. The first-order valence-electron chi connectivity index (χ1n) is 9.65. The molecule has 0 aliphatic carbocycles. The Balaban J connectivity index is 1.72. The van der Waals surface area contributed by atoms with Gasteiger partial charge in [-0.3, -0.25) is 10.3 Å². The van der Waals surface area contributed by atoms with Crippen LogP contribution in [0.1, 0.15) is 28.2 Å². The number of imidazole rings is 1. The summed E-state index contributed by atoms with van der Waals surface area (Å²) in [5.41, 5.74) is 6.00. The number of anilines is 2. The molecule has 156 valence electrons. The van der Waals surface area contributed by atoms with Crippen LogP contribution in [0.5, 0.6) is 0 Å². The quantitative estimate of drug-likeness (QED) is 0.284. The van der Waals surface area contributed by atoms with Gasteiger partial charge in [0.1, 0.15) is 0 Å². The number of aromatic amines is 1. The summed E-state index contributed by atoms with van der Waals surface area (Å²) in [6.45, 7) is 8.49. The van der Waals surface area contributed by atoms with E-state index in [1.54, 1.807) is 12.5 Å². The predicted octanol–water partition coefficient (Wildman–Crippen LogP) is 3.43. The Hall–Kier alpha value is -3.33. The van der Waals surface area contributed by atoms with E-state index in [0.717, 1.165) is 40.3 Å². The Labute approximate surface area is 181 Å². The first kappa shape index (κ1) is 21.4. The number of aliphatic imine (C=N–C) groups is 1. The molecule has 3 aromatic rings. The highest BCUT2D eigenvalue weighted by Gasteiger charge is 2.08. The van der Waals surface area contributed by atoms with Crippen molar-refractivity contribution in [2.75, 3.05) is 17.2 Å². The van der Waals surface area contributed by atoms with Gasteiger partial charge in [0.25, 0.3) is 0 Å². The van der Waals surface area contributed by atoms with Crippen LogP contribution in [0.15, 0.2) is 41.8 Å². The van der Waals surface area contributed by atoms with Crippen LogP contribution in [-0.4, -0.2) is 37.6 Å². The van der Waals surface area contributed by atoms with Crippen molar-refractivity contribution >= 4 is 34.9 Å². The second-order valence-corrected chi connectivity index (χ2v) is 7.52. The van der Waals surface area contributed by atoms with Crippen molar-refractivity contribution in [1.29, 1.82) is 0 Å². The van der Waals surface area contributed by atoms with Crippen molar-refractivity contribution in [3.05, 3.63) is 65.0 Å². The van der Waals surface area contributed by atoms with Gasteiger partial charge in [-0.2, -0.15) is 0 Å². The van der Waals surface area contributed by atoms with Crippen molar-refractivity contribution < 1.29 is 0 Å². The number of aromatic nitrogens is 4. The van der Waals surface area contributed by atoms with E-state index >= 15 is 0 Å². The van der Waals surface area contributed by atoms with Crippen molar-refractivity contribution in [3.8, 4) is 0 Å². The van der Waals surface area contributed by atoms with Gasteiger partial charge in [0.15, 0.2) is 5.11 Å². The first-order chi connectivity index (χ1) is 14.4. The summed E-state index contributed by atoms with van der Waals surface area (Å²) in [6.07, 6.45) is 4.16. The molecule has 0 saturated heterocycles. The number of rotatable bonds is 5. The zero-order valence-corrected chi connectivity index (χ0v) is 18.4. The second-order valence-electron chi connectivity index (χ2n) is 7.11. The maximum atomic E-state index is 5.50. The topological polar surface area (TPSA) is 103 Å². The number of thiocarbonyl (C=S) groups is 1. The van der Waals surface area contributed by atoms with E-state index in [2.05, 4.69) is 60.8 Å². The average molecular weight is 423 g/mol. The number of nitrogens with one attached hydrogen (secondary N) is 4. The summed E-state index contributed by atoms with van der Waals surface area (Å²) in [5, 5.41) is 9.91. The van der Waals surface area contributed by atoms with E-state index in [1.807, 2.05) is 32.0 Å². The highest BCUT2D eigenvalue weighted by atomic mass is 32.1. The van der Waals surface area contributed by atoms with E-state index in [1.165, 1.54) is 0 Å². The largest absolute Gasteiger partial charge is 0.348 e. The lowest BCUT2D eigenvalue weighted by Gasteiger charge is -2.15. The summed E-state index contributed by atoms with van der Waals surface area (Å²) < 4.78 is 0. The molecule has 0 bridgehead atoms. The lowest BCUT2D eigenvalue weighted by Crippen LogP contribution is -2.39. The molecular weight excluding hydrogens is 396 g/mol. The fraction of sp³-hybridized carbons (Fsp3) is 0.286. The molecule has 0 aliphatic heterocycles. The molecule has 9 heteroatoms. The zero-order chi connectivity index (χ0) is 21.5. The molecule has 0 aliphatic rings. The number of nitrogens with zero attached hydrogens (tertiary/aromatic N) is 4. The van der Waals surface area contributed by atoms with E-state index in [0.29, 0.717) is 23.6 Å². The van der Waals surface area contributed by atoms with Crippen molar-refractivity contribution in [2.24, 2.45) is 4.99 Å². The maximum Gasteiger partial charge on any atom is 0.229 e. The summed E-state index contributed by atoms with van der Waals surface area (Å²) >= 11 is 5.50. The van der Waals surface area contributed by atoms with E-state index in [-0.39, 0.29) is 0 Å². The Morgan fingerprint density at radius 1 is 1.00 bits per heavy atom. The average Bonchev–Trinajstić information content (AvgIpc) is 3.13. The zero-order valence-electron chi connectivity index (χ0n) is 17.6. The van der Waals surface area contributed by atoms with Gasteiger partial charge in [-0.15, -0.1) is 0 Å². The molecule has 1 aromatic carbocycles. The standard InChI is InChI=1S/C21H26N8S/c1-13-7-14(2)9-18(8-13)27-21(30)29-19(23-6-5-17-11-22-12-24-17)28-20-25-15(3)10-16(4)26-20/h7-12H,5-6H2,1-4H3,(H,22,24)(H3,23,25,26,27,28,29,30). The Morgan fingerprint density at radius 2 is 1.70 bits per heavy atom. The summed E-state index contributed by atoms with van der Waals surface area (Å²) in [6, 6.07) is 8.11. The molecule has 3 rings (SSSR count). The minimum Gasteiger partial charge on any atom is -0.348 e. The fourth-order valence-electron chi connectivity index (χ4n) is 3.02. The minimum atomic E-state index is 0.428. The number of hydrogen-bond acceptors (Lipinski definition) is 5. The van der Waals surface area contributed by atoms with Gasteiger partial charge in [-0.25, -0.2) is 15.0 Å². The van der Waals surface area contributed by atoms with Crippen LogP contribution in [0, 0.1) is 27.7 Å². The third-order valence-corrected chi connectivity index (χ3v) is 4.33. The normalized spacial score (nSPS) is 11.3. The van der Waals surface area contributed by atoms with E-state index < -0.39 is 0 Å². The van der Waals surface area contributed by atoms with Crippen molar-refractivity contribution in [3.63, 3.8) is 0 Å². The van der Waals surface area contributed by atoms with Gasteiger partial charge in [0.2, 0.25) is 11.9 Å². The van der Waals surface area contributed by atoms with Crippen LogP contribution in [0.3, 0.4) is 0 Å². The fourth-order valence-corrected chi connectivity index (χ4v) is 3.24. The summed E-state index contributed by atoms with van der Waals surface area (Å²) in [7, 11) is 0. The molecule has 0 radical (unpaired) electrons. The summed E-state index contributed by atoms with van der Waals surface area (Å²) in [5.74, 6) is 0.941. The van der Waals surface area contributed by atoms with Gasteiger partial charge >= 0.3 is 0 Å². The number of guanidine groups is 1. The van der Waals surface area contributed by atoms with Crippen LogP contribution >= 0.6 is 12.2 Å². The van der Waals surface area contributed by atoms with Gasteiger partial charge < -0.3 is 15.6 Å². The van der Waals surface area contributed by atoms with Crippen molar-refractivity contribution in [2.45, 2.75) is 34.1 Å². The molecule has 2 heterocycles.